The highest BCUT2D eigenvalue weighted by Crippen LogP contribution is 1.99. The molecule has 0 saturated heterocycles. The molecule has 0 heterocycles. The molecule has 0 radical (unpaired) electrons. The number of allylic oxidation sites excluding steroid dienone is 1. The summed E-state index contributed by atoms with van der Waals surface area (Å²) in [4.78, 5) is 32.4. The predicted molar refractivity (Wildman–Crippen MR) is 55.9 cm³/mol. The fourth-order valence-electron chi connectivity index (χ4n) is 1.05. The molecule has 0 aliphatic carbocycles. The van der Waals surface area contributed by atoms with Gasteiger partial charge in [-0.25, -0.2) is 4.79 Å². The Labute approximate surface area is 93.0 Å². The van der Waals surface area contributed by atoms with E-state index in [9.17, 15) is 14.4 Å². The maximum absolute atomic E-state index is 11.4. The standard InChI is InChI=1S/C10H15NO5/c1-3-4-6(2)9(14)11-7(10(15)16)5-8(12)13/h4,7H,3,5H2,1-2H3,(H,11,14)(H,12,13)(H,15,16)/b6-4-/t7-/m0/s1. The van der Waals surface area contributed by atoms with Crippen LogP contribution in [0.2, 0.25) is 0 Å². The predicted octanol–water partition coefficient (Wildman–Crippen LogP) is 0.387. The number of rotatable bonds is 6. The van der Waals surface area contributed by atoms with Gasteiger partial charge >= 0.3 is 11.9 Å². The highest BCUT2D eigenvalue weighted by Gasteiger charge is 2.23. The molecule has 6 nitrogen and oxygen atoms in total. The number of hydrogen-bond acceptors (Lipinski definition) is 3. The van der Waals surface area contributed by atoms with Crippen LogP contribution in [0.15, 0.2) is 11.6 Å². The number of carbonyl (C=O) groups is 3. The van der Waals surface area contributed by atoms with Crippen LogP contribution in [0.25, 0.3) is 0 Å². The fraction of sp³-hybridized carbons (Fsp3) is 0.500. The third-order valence-corrected chi connectivity index (χ3v) is 1.85. The minimum Gasteiger partial charge on any atom is -0.481 e. The molecule has 0 aliphatic rings. The van der Waals surface area contributed by atoms with Crippen LogP contribution in [-0.2, 0) is 14.4 Å². The number of aliphatic carboxylic acids is 2. The van der Waals surface area contributed by atoms with Gasteiger partial charge < -0.3 is 15.5 Å². The summed E-state index contributed by atoms with van der Waals surface area (Å²) in [6.45, 7) is 3.38. The van der Waals surface area contributed by atoms with Crippen molar-refractivity contribution in [1.29, 1.82) is 0 Å². The Kier molecular flexibility index (Phi) is 5.84. The molecule has 0 aromatic heterocycles. The van der Waals surface area contributed by atoms with Crippen molar-refractivity contribution in [3.8, 4) is 0 Å². The van der Waals surface area contributed by atoms with Crippen molar-refractivity contribution in [2.75, 3.05) is 0 Å². The average Bonchev–Trinajstić information content (AvgIpc) is 2.16. The molecule has 0 fully saturated rings. The Hall–Kier alpha value is -1.85. The van der Waals surface area contributed by atoms with Crippen molar-refractivity contribution >= 4 is 17.8 Å². The smallest absolute Gasteiger partial charge is 0.326 e. The first-order valence-corrected chi connectivity index (χ1v) is 4.80. The van der Waals surface area contributed by atoms with Gasteiger partial charge in [0.05, 0.1) is 6.42 Å². The Morgan fingerprint density at radius 2 is 1.88 bits per heavy atom. The second-order valence-electron chi connectivity index (χ2n) is 3.26. The molecule has 0 unspecified atom stereocenters. The third-order valence-electron chi connectivity index (χ3n) is 1.85. The zero-order valence-electron chi connectivity index (χ0n) is 9.19. The van der Waals surface area contributed by atoms with Crippen molar-refractivity contribution in [2.24, 2.45) is 0 Å². The maximum Gasteiger partial charge on any atom is 0.326 e. The van der Waals surface area contributed by atoms with E-state index in [-0.39, 0.29) is 0 Å². The van der Waals surface area contributed by atoms with Crippen molar-refractivity contribution in [2.45, 2.75) is 32.7 Å². The molecule has 0 spiro atoms. The van der Waals surface area contributed by atoms with E-state index in [1.54, 1.807) is 13.0 Å². The van der Waals surface area contributed by atoms with E-state index in [0.717, 1.165) is 0 Å². The first-order valence-electron chi connectivity index (χ1n) is 4.80. The third kappa shape index (κ3) is 5.14. The van der Waals surface area contributed by atoms with Crippen molar-refractivity contribution in [3.63, 3.8) is 0 Å². The molecule has 0 saturated carbocycles. The summed E-state index contributed by atoms with van der Waals surface area (Å²) in [5.74, 6) is -3.19. The van der Waals surface area contributed by atoms with Gasteiger partial charge in [-0.2, -0.15) is 0 Å². The van der Waals surface area contributed by atoms with Crippen LogP contribution in [-0.4, -0.2) is 34.1 Å². The van der Waals surface area contributed by atoms with E-state index in [4.69, 9.17) is 10.2 Å². The van der Waals surface area contributed by atoms with Gasteiger partial charge in [-0.15, -0.1) is 0 Å². The van der Waals surface area contributed by atoms with Crippen LogP contribution in [0.1, 0.15) is 26.7 Å². The van der Waals surface area contributed by atoms with Gasteiger partial charge in [0.2, 0.25) is 5.91 Å². The van der Waals surface area contributed by atoms with E-state index >= 15 is 0 Å². The number of amides is 1. The fourth-order valence-corrected chi connectivity index (χ4v) is 1.05. The topological polar surface area (TPSA) is 104 Å². The Morgan fingerprint density at radius 3 is 2.25 bits per heavy atom. The number of carbonyl (C=O) groups excluding carboxylic acids is 1. The molecule has 3 N–H and O–H groups in total. The number of hydrogen-bond donors (Lipinski definition) is 3. The molecular weight excluding hydrogens is 214 g/mol. The van der Waals surface area contributed by atoms with Crippen molar-refractivity contribution in [1.82, 2.24) is 5.32 Å². The van der Waals surface area contributed by atoms with Crippen LogP contribution in [0, 0.1) is 0 Å². The van der Waals surface area contributed by atoms with Crippen LogP contribution < -0.4 is 5.32 Å². The Balaban J connectivity index is 4.52. The van der Waals surface area contributed by atoms with E-state index in [0.29, 0.717) is 12.0 Å². The van der Waals surface area contributed by atoms with Gasteiger partial charge in [0.15, 0.2) is 0 Å². The van der Waals surface area contributed by atoms with E-state index in [1.165, 1.54) is 0 Å². The van der Waals surface area contributed by atoms with Gasteiger partial charge in [-0.3, -0.25) is 9.59 Å². The molecule has 0 aromatic carbocycles. The summed E-state index contributed by atoms with van der Waals surface area (Å²) in [7, 11) is 0. The Morgan fingerprint density at radius 1 is 1.31 bits per heavy atom. The molecule has 90 valence electrons. The second kappa shape index (κ2) is 6.60. The van der Waals surface area contributed by atoms with Gasteiger partial charge in [-0.1, -0.05) is 13.0 Å². The second-order valence-corrected chi connectivity index (χ2v) is 3.26. The monoisotopic (exact) mass is 229 g/mol. The molecule has 0 aromatic rings. The summed E-state index contributed by atoms with van der Waals surface area (Å²) in [6.07, 6.45) is 1.64. The van der Waals surface area contributed by atoms with Crippen molar-refractivity contribution < 1.29 is 24.6 Å². The largest absolute Gasteiger partial charge is 0.481 e. The summed E-state index contributed by atoms with van der Waals surface area (Å²) in [5, 5.41) is 19.3. The highest BCUT2D eigenvalue weighted by atomic mass is 16.4. The lowest BCUT2D eigenvalue weighted by Gasteiger charge is -2.12. The quantitative estimate of drug-likeness (QED) is 0.571. The Bertz CT molecular complexity index is 321. The zero-order valence-corrected chi connectivity index (χ0v) is 9.19. The minimum absolute atomic E-state index is 0.374. The van der Waals surface area contributed by atoms with Gasteiger partial charge in [0.1, 0.15) is 6.04 Å². The first kappa shape index (κ1) is 14.2. The first-order chi connectivity index (χ1) is 7.38. The molecule has 16 heavy (non-hydrogen) atoms. The van der Waals surface area contributed by atoms with Crippen LogP contribution in [0.5, 0.6) is 0 Å². The van der Waals surface area contributed by atoms with E-state index < -0.39 is 30.3 Å². The number of carboxylic acids is 2. The summed E-state index contributed by atoms with van der Waals surface area (Å²) < 4.78 is 0. The molecular formula is C10H15NO5. The van der Waals surface area contributed by atoms with Crippen molar-refractivity contribution in [3.05, 3.63) is 11.6 Å². The van der Waals surface area contributed by atoms with Gasteiger partial charge in [0, 0.05) is 5.57 Å². The van der Waals surface area contributed by atoms with Gasteiger partial charge in [-0.05, 0) is 13.3 Å². The lowest BCUT2D eigenvalue weighted by Crippen LogP contribution is -2.42. The molecule has 0 rings (SSSR count). The summed E-state index contributed by atoms with van der Waals surface area (Å²) in [6, 6.07) is -1.40. The summed E-state index contributed by atoms with van der Waals surface area (Å²) >= 11 is 0. The minimum atomic E-state index is -1.40. The highest BCUT2D eigenvalue weighted by molar-refractivity contribution is 5.96. The van der Waals surface area contributed by atoms with E-state index in [2.05, 4.69) is 5.32 Å². The molecule has 1 atom stereocenters. The number of carboxylic acid groups (broad SMARTS) is 2. The molecule has 0 bridgehead atoms. The van der Waals surface area contributed by atoms with Gasteiger partial charge in [0.25, 0.3) is 0 Å². The lowest BCUT2D eigenvalue weighted by molar-refractivity contribution is -0.146. The van der Waals surface area contributed by atoms with E-state index in [1.807, 2.05) is 6.92 Å². The molecule has 0 aliphatic heterocycles. The normalized spacial score (nSPS) is 13.0. The maximum atomic E-state index is 11.4. The summed E-state index contributed by atoms with van der Waals surface area (Å²) in [5.41, 5.74) is 0.374. The molecule has 6 heteroatoms. The average molecular weight is 229 g/mol. The SMILES string of the molecule is CC/C=C(/C)C(=O)N[C@@H](CC(=O)O)C(=O)O. The molecule has 1 amide bonds. The number of nitrogens with one attached hydrogen (secondary N) is 1. The van der Waals surface area contributed by atoms with Crippen LogP contribution in [0.4, 0.5) is 0 Å². The zero-order chi connectivity index (χ0) is 12.7. The van der Waals surface area contributed by atoms with Crippen LogP contribution >= 0.6 is 0 Å². The lowest BCUT2D eigenvalue weighted by atomic mass is 10.1. The van der Waals surface area contributed by atoms with Crippen LogP contribution in [0.3, 0.4) is 0 Å².